The molecule has 1 aliphatic rings. The average Bonchev–Trinajstić information content (AvgIpc) is 2.44. The van der Waals surface area contributed by atoms with Gasteiger partial charge in [-0.1, -0.05) is 0 Å². The first-order valence-electron chi connectivity index (χ1n) is 5.02. The van der Waals surface area contributed by atoms with Gasteiger partial charge in [-0.2, -0.15) is 5.10 Å². The van der Waals surface area contributed by atoms with Crippen molar-refractivity contribution in [3.8, 4) is 0 Å². The summed E-state index contributed by atoms with van der Waals surface area (Å²) >= 11 is 0. The molecule has 0 radical (unpaired) electrons. The van der Waals surface area contributed by atoms with Crippen molar-refractivity contribution in [2.24, 2.45) is 0 Å². The van der Waals surface area contributed by atoms with E-state index in [1.165, 1.54) is 0 Å². The van der Waals surface area contributed by atoms with Gasteiger partial charge >= 0.3 is 0 Å². The molecule has 1 heterocycles. The number of halogens is 2. The summed E-state index contributed by atoms with van der Waals surface area (Å²) < 4.78 is 25.4. The van der Waals surface area contributed by atoms with Crippen molar-refractivity contribution in [3.05, 3.63) is 17.5 Å². The number of aromatic amines is 1. The summed E-state index contributed by atoms with van der Waals surface area (Å²) in [4.78, 5) is 0. The molecule has 0 atom stereocenters. The van der Waals surface area contributed by atoms with Crippen LogP contribution in [0, 0.1) is 6.92 Å². The number of H-pyrrole nitrogens is 1. The summed E-state index contributed by atoms with van der Waals surface area (Å²) in [5.41, 5.74) is 1.59. The van der Waals surface area contributed by atoms with Crippen molar-refractivity contribution >= 4 is 0 Å². The zero-order chi connectivity index (χ0) is 11.1. The minimum Gasteiger partial charge on any atom is -0.305 e. The molecule has 0 amide bonds. The van der Waals surface area contributed by atoms with E-state index in [4.69, 9.17) is 0 Å². The van der Waals surface area contributed by atoms with E-state index in [1.54, 1.807) is 6.20 Å². The minimum atomic E-state index is -2.48. The maximum absolute atomic E-state index is 12.7. The SMILES string of the molecule is Cc1cn[nH]c1CNC1(C)CC(F)(F)C1. The molecule has 1 aromatic heterocycles. The van der Waals surface area contributed by atoms with Crippen LogP contribution in [-0.2, 0) is 6.54 Å². The zero-order valence-corrected chi connectivity index (χ0v) is 8.90. The van der Waals surface area contributed by atoms with Crippen LogP contribution in [-0.4, -0.2) is 21.7 Å². The smallest absolute Gasteiger partial charge is 0.251 e. The van der Waals surface area contributed by atoms with Gasteiger partial charge in [-0.25, -0.2) is 8.78 Å². The van der Waals surface area contributed by atoms with Gasteiger partial charge in [-0.15, -0.1) is 0 Å². The van der Waals surface area contributed by atoms with E-state index < -0.39 is 11.5 Å². The van der Waals surface area contributed by atoms with Crippen LogP contribution in [0.2, 0.25) is 0 Å². The van der Waals surface area contributed by atoms with Crippen LogP contribution in [0.5, 0.6) is 0 Å². The lowest BCUT2D eigenvalue weighted by molar-refractivity contribution is -0.128. The van der Waals surface area contributed by atoms with Crippen molar-refractivity contribution in [3.63, 3.8) is 0 Å². The van der Waals surface area contributed by atoms with E-state index in [9.17, 15) is 8.78 Å². The molecule has 0 bridgehead atoms. The van der Waals surface area contributed by atoms with Crippen molar-refractivity contribution in [1.82, 2.24) is 15.5 Å². The zero-order valence-electron chi connectivity index (χ0n) is 8.90. The second-order valence-electron chi connectivity index (χ2n) is 4.66. The lowest BCUT2D eigenvalue weighted by Crippen LogP contribution is -2.58. The highest BCUT2D eigenvalue weighted by Crippen LogP contribution is 2.45. The number of nitrogens with one attached hydrogen (secondary N) is 2. The van der Waals surface area contributed by atoms with E-state index in [0.29, 0.717) is 6.54 Å². The lowest BCUT2D eigenvalue weighted by Gasteiger charge is -2.45. The maximum atomic E-state index is 12.7. The monoisotopic (exact) mass is 215 g/mol. The molecule has 1 saturated carbocycles. The molecule has 0 aliphatic heterocycles. The third kappa shape index (κ3) is 2.17. The van der Waals surface area contributed by atoms with Crippen LogP contribution in [0.1, 0.15) is 31.0 Å². The molecule has 0 saturated heterocycles. The van der Waals surface area contributed by atoms with Gasteiger partial charge in [0, 0.05) is 24.9 Å². The molecule has 0 spiro atoms. The Balaban J connectivity index is 1.87. The third-order valence-electron chi connectivity index (χ3n) is 2.92. The van der Waals surface area contributed by atoms with Gasteiger partial charge in [0.2, 0.25) is 0 Å². The van der Waals surface area contributed by atoms with Crippen molar-refractivity contribution in [1.29, 1.82) is 0 Å². The molecule has 0 unspecified atom stereocenters. The fraction of sp³-hybridized carbons (Fsp3) is 0.700. The molecule has 2 rings (SSSR count). The topological polar surface area (TPSA) is 40.7 Å². The third-order valence-corrected chi connectivity index (χ3v) is 2.92. The first-order chi connectivity index (χ1) is 6.90. The van der Waals surface area contributed by atoms with E-state index >= 15 is 0 Å². The Morgan fingerprint density at radius 1 is 1.53 bits per heavy atom. The van der Waals surface area contributed by atoms with Crippen LogP contribution in [0.25, 0.3) is 0 Å². The molecule has 1 aromatic rings. The van der Waals surface area contributed by atoms with Gasteiger partial charge in [0.05, 0.1) is 11.9 Å². The van der Waals surface area contributed by atoms with Gasteiger partial charge in [-0.05, 0) is 19.4 Å². The second kappa shape index (κ2) is 3.27. The van der Waals surface area contributed by atoms with E-state index in [1.807, 2.05) is 13.8 Å². The highest BCUT2D eigenvalue weighted by Gasteiger charge is 2.53. The van der Waals surface area contributed by atoms with Crippen LogP contribution < -0.4 is 5.32 Å². The first-order valence-corrected chi connectivity index (χ1v) is 5.02. The number of rotatable bonds is 3. The average molecular weight is 215 g/mol. The number of hydrogen-bond acceptors (Lipinski definition) is 2. The fourth-order valence-corrected chi connectivity index (χ4v) is 2.07. The molecular weight excluding hydrogens is 200 g/mol. The lowest BCUT2D eigenvalue weighted by atomic mass is 9.75. The maximum Gasteiger partial charge on any atom is 0.251 e. The number of alkyl halides is 2. The van der Waals surface area contributed by atoms with E-state index in [0.717, 1.165) is 11.3 Å². The summed E-state index contributed by atoms with van der Waals surface area (Å²) in [6.07, 6.45) is 1.58. The van der Waals surface area contributed by atoms with Crippen LogP contribution in [0.4, 0.5) is 8.78 Å². The summed E-state index contributed by atoms with van der Waals surface area (Å²) in [6, 6.07) is 0. The van der Waals surface area contributed by atoms with Gasteiger partial charge in [-0.3, -0.25) is 5.10 Å². The minimum absolute atomic E-state index is 0.0762. The molecule has 15 heavy (non-hydrogen) atoms. The fourth-order valence-electron chi connectivity index (χ4n) is 2.07. The van der Waals surface area contributed by atoms with Gasteiger partial charge < -0.3 is 5.32 Å². The Morgan fingerprint density at radius 2 is 2.20 bits per heavy atom. The Bertz CT molecular complexity index is 351. The highest BCUT2D eigenvalue weighted by molar-refractivity contribution is 5.14. The summed E-state index contributed by atoms with van der Waals surface area (Å²) in [5, 5.41) is 9.87. The van der Waals surface area contributed by atoms with Gasteiger partial charge in [0.25, 0.3) is 5.92 Å². The van der Waals surface area contributed by atoms with Gasteiger partial charge in [0.1, 0.15) is 0 Å². The molecule has 5 heteroatoms. The molecule has 1 aliphatic carbocycles. The second-order valence-corrected chi connectivity index (χ2v) is 4.66. The molecule has 2 N–H and O–H groups in total. The number of aryl methyl sites for hydroxylation is 1. The van der Waals surface area contributed by atoms with Crippen molar-refractivity contribution in [2.45, 2.75) is 44.7 Å². The normalized spacial score (nSPS) is 22.4. The van der Waals surface area contributed by atoms with E-state index in [2.05, 4.69) is 15.5 Å². The number of hydrogen-bond donors (Lipinski definition) is 2. The quantitative estimate of drug-likeness (QED) is 0.809. The standard InChI is InChI=1S/C10H15F2N3/c1-7-3-14-15-8(7)4-13-9(2)5-10(11,12)6-9/h3,13H,4-6H2,1-2H3,(H,14,15). The summed E-state index contributed by atoms with van der Waals surface area (Å²) in [7, 11) is 0. The van der Waals surface area contributed by atoms with Crippen LogP contribution in [0.3, 0.4) is 0 Å². The molecule has 0 aromatic carbocycles. The largest absolute Gasteiger partial charge is 0.305 e. The Hall–Kier alpha value is -0.970. The number of nitrogens with zero attached hydrogens (tertiary/aromatic N) is 1. The molecule has 1 fully saturated rings. The highest BCUT2D eigenvalue weighted by atomic mass is 19.3. The van der Waals surface area contributed by atoms with Crippen molar-refractivity contribution in [2.75, 3.05) is 0 Å². The Morgan fingerprint density at radius 3 is 2.67 bits per heavy atom. The predicted molar refractivity (Wildman–Crippen MR) is 52.8 cm³/mol. The first kappa shape index (κ1) is 10.5. The van der Waals surface area contributed by atoms with Crippen molar-refractivity contribution < 1.29 is 8.78 Å². The molecule has 3 nitrogen and oxygen atoms in total. The Kier molecular flexibility index (Phi) is 2.30. The summed E-state index contributed by atoms with van der Waals surface area (Å²) in [6.45, 7) is 4.34. The molecule has 84 valence electrons. The number of aromatic nitrogens is 2. The Labute approximate surface area is 87.3 Å². The van der Waals surface area contributed by atoms with Crippen LogP contribution >= 0.6 is 0 Å². The predicted octanol–water partition coefficient (Wildman–Crippen LogP) is 2.00. The van der Waals surface area contributed by atoms with Crippen LogP contribution in [0.15, 0.2) is 6.20 Å². The molecular formula is C10H15F2N3. The van der Waals surface area contributed by atoms with E-state index in [-0.39, 0.29) is 12.8 Å². The van der Waals surface area contributed by atoms with Gasteiger partial charge in [0.15, 0.2) is 0 Å². The summed E-state index contributed by atoms with van der Waals surface area (Å²) in [5.74, 6) is -2.48.